The molecule has 1 N–H and O–H groups in total. The van der Waals surface area contributed by atoms with Gasteiger partial charge >= 0.3 is 0 Å². The van der Waals surface area contributed by atoms with Gasteiger partial charge in [0.05, 0.1) is 12.5 Å². The highest BCUT2D eigenvalue weighted by atomic mass is 79.9. The molecule has 2 aromatic carbocycles. The third-order valence-corrected chi connectivity index (χ3v) is 4.61. The van der Waals surface area contributed by atoms with E-state index in [4.69, 9.17) is 4.74 Å². The molecule has 1 aliphatic rings. The molecule has 0 saturated heterocycles. The predicted molar refractivity (Wildman–Crippen MR) is 96.3 cm³/mol. The zero-order valence-electron chi connectivity index (χ0n) is 13.5. The number of benzene rings is 2. The Bertz CT molecular complexity index is 975. The molecule has 4 rings (SSSR count). The number of halogens is 2. The van der Waals surface area contributed by atoms with Gasteiger partial charge in [-0.25, -0.2) is 9.07 Å². The zero-order chi connectivity index (χ0) is 18.1. The Labute approximate surface area is 157 Å². The minimum atomic E-state index is -0.332. The first-order valence-electron chi connectivity index (χ1n) is 7.96. The Kier molecular flexibility index (Phi) is 4.42. The quantitative estimate of drug-likeness (QED) is 0.703. The largest absolute Gasteiger partial charge is 0.489 e. The van der Waals surface area contributed by atoms with Crippen LogP contribution in [0.3, 0.4) is 0 Å². The smallest absolute Gasteiger partial charge is 0.229 e. The van der Waals surface area contributed by atoms with E-state index in [0.29, 0.717) is 11.7 Å². The maximum atomic E-state index is 13.4. The van der Waals surface area contributed by atoms with Gasteiger partial charge in [-0.05, 0) is 35.9 Å². The van der Waals surface area contributed by atoms with E-state index in [-0.39, 0.29) is 30.8 Å². The third-order valence-electron chi connectivity index (χ3n) is 4.11. The Morgan fingerprint density at radius 2 is 2.19 bits per heavy atom. The number of carbonyl (C=O) groups excluding carboxylic acids is 1. The minimum absolute atomic E-state index is 0.133. The molecule has 0 spiro atoms. The van der Waals surface area contributed by atoms with E-state index < -0.39 is 0 Å². The van der Waals surface area contributed by atoms with Crippen molar-refractivity contribution in [2.75, 3.05) is 5.32 Å². The summed E-state index contributed by atoms with van der Waals surface area (Å²) in [4.78, 5) is 16.1. The summed E-state index contributed by atoms with van der Waals surface area (Å²) in [6, 6.07) is 11.5. The predicted octanol–water partition coefficient (Wildman–Crippen LogP) is 3.69. The molecule has 0 bridgehead atoms. The number of hydrogen-bond acceptors (Lipinski definition) is 4. The molecule has 132 valence electrons. The average molecular weight is 417 g/mol. The van der Waals surface area contributed by atoms with Crippen molar-refractivity contribution < 1.29 is 13.9 Å². The Morgan fingerprint density at radius 3 is 3.04 bits per heavy atom. The summed E-state index contributed by atoms with van der Waals surface area (Å²) >= 11 is 3.46. The zero-order valence-corrected chi connectivity index (χ0v) is 15.1. The van der Waals surface area contributed by atoms with E-state index in [2.05, 4.69) is 31.3 Å². The van der Waals surface area contributed by atoms with Crippen LogP contribution in [-0.4, -0.2) is 20.7 Å². The molecular weight excluding hydrogens is 403 g/mol. The van der Waals surface area contributed by atoms with Crippen molar-refractivity contribution in [3.63, 3.8) is 0 Å². The first-order chi connectivity index (χ1) is 12.6. The van der Waals surface area contributed by atoms with Crippen molar-refractivity contribution in [3.8, 4) is 5.75 Å². The molecule has 8 heteroatoms. The first kappa shape index (κ1) is 16.7. The van der Waals surface area contributed by atoms with Gasteiger partial charge in [-0.3, -0.25) is 10.1 Å². The molecule has 3 aromatic rings. The first-order valence-corrected chi connectivity index (χ1v) is 8.75. The summed E-state index contributed by atoms with van der Waals surface area (Å²) in [6.07, 6.45) is 1.63. The van der Waals surface area contributed by atoms with Crippen LogP contribution in [0.2, 0.25) is 0 Å². The number of fused-ring (bicyclic) bond motifs is 1. The van der Waals surface area contributed by atoms with Crippen LogP contribution in [0.1, 0.15) is 23.6 Å². The van der Waals surface area contributed by atoms with Crippen molar-refractivity contribution in [3.05, 3.63) is 70.2 Å². The molecule has 1 aromatic heterocycles. The Balaban J connectivity index is 1.67. The fourth-order valence-corrected chi connectivity index (χ4v) is 3.32. The minimum Gasteiger partial charge on any atom is -0.489 e. The normalized spacial score (nSPS) is 16.1. The summed E-state index contributed by atoms with van der Waals surface area (Å²) in [5.41, 5.74) is 1.53. The third kappa shape index (κ3) is 3.32. The van der Waals surface area contributed by atoms with Crippen molar-refractivity contribution in [2.45, 2.75) is 19.1 Å². The average Bonchev–Trinajstić information content (AvgIpc) is 3.08. The maximum absolute atomic E-state index is 13.4. The number of hydrogen-bond donors (Lipinski definition) is 1. The number of amides is 1. The van der Waals surface area contributed by atoms with Crippen LogP contribution in [0.15, 0.2) is 53.3 Å². The van der Waals surface area contributed by atoms with Crippen molar-refractivity contribution in [1.82, 2.24) is 14.8 Å². The van der Waals surface area contributed by atoms with E-state index in [9.17, 15) is 9.18 Å². The van der Waals surface area contributed by atoms with Crippen LogP contribution in [0, 0.1) is 5.82 Å². The van der Waals surface area contributed by atoms with Gasteiger partial charge in [0.25, 0.3) is 0 Å². The standard InChI is InChI=1S/C18H14BrFN4O2/c19-12-4-5-16(26-9-11-2-1-3-13(20)6-11)14(7-12)15-8-17(25)23-18-21-10-22-24(15)18/h1-7,10,15H,8-9H2,(H,21,22,23,25). The molecule has 1 amide bonds. The van der Waals surface area contributed by atoms with E-state index >= 15 is 0 Å². The molecular formula is C18H14BrFN4O2. The highest BCUT2D eigenvalue weighted by Gasteiger charge is 2.30. The highest BCUT2D eigenvalue weighted by Crippen LogP contribution is 2.36. The van der Waals surface area contributed by atoms with Gasteiger partial charge in [0, 0.05) is 10.0 Å². The van der Waals surface area contributed by atoms with Gasteiger partial charge in [0.1, 0.15) is 24.5 Å². The molecule has 1 unspecified atom stereocenters. The number of ether oxygens (including phenoxy) is 1. The van der Waals surface area contributed by atoms with E-state index in [1.807, 2.05) is 18.2 Å². The van der Waals surface area contributed by atoms with Crippen molar-refractivity contribution in [2.24, 2.45) is 0 Å². The summed E-state index contributed by atoms with van der Waals surface area (Å²) < 4.78 is 21.8. The monoisotopic (exact) mass is 416 g/mol. The van der Waals surface area contributed by atoms with E-state index in [1.165, 1.54) is 18.5 Å². The Hall–Kier alpha value is -2.74. The molecule has 2 heterocycles. The number of nitrogens with one attached hydrogen (secondary N) is 1. The SMILES string of the molecule is O=C1CC(c2cc(Br)ccc2OCc2cccc(F)c2)n2ncnc2N1. The lowest BCUT2D eigenvalue weighted by molar-refractivity contribution is -0.117. The van der Waals surface area contributed by atoms with Crippen LogP contribution in [0.5, 0.6) is 5.75 Å². The number of rotatable bonds is 4. The summed E-state index contributed by atoms with van der Waals surface area (Å²) in [5.74, 6) is 0.575. The number of anilines is 1. The van der Waals surface area contributed by atoms with Gasteiger partial charge in [0.15, 0.2) is 0 Å². The lowest BCUT2D eigenvalue weighted by atomic mass is 10.0. The van der Waals surface area contributed by atoms with Gasteiger partial charge < -0.3 is 4.74 Å². The topological polar surface area (TPSA) is 69.0 Å². The second-order valence-corrected chi connectivity index (χ2v) is 6.81. The molecule has 0 fully saturated rings. The van der Waals surface area contributed by atoms with Crippen LogP contribution in [0.4, 0.5) is 10.3 Å². The molecule has 0 saturated carbocycles. The lowest BCUT2D eigenvalue weighted by Gasteiger charge is -2.25. The Morgan fingerprint density at radius 1 is 1.31 bits per heavy atom. The number of aromatic nitrogens is 3. The number of carbonyl (C=O) groups is 1. The fourth-order valence-electron chi connectivity index (χ4n) is 2.95. The summed E-state index contributed by atoms with van der Waals surface area (Å²) in [5, 5.41) is 6.91. The van der Waals surface area contributed by atoms with Crippen LogP contribution in [0.25, 0.3) is 0 Å². The molecule has 0 radical (unpaired) electrons. The van der Waals surface area contributed by atoms with Gasteiger partial charge in [-0.2, -0.15) is 10.1 Å². The van der Waals surface area contributed by atoms with Gasteiger partial charge in [-0.1, -0.05) is 28.1 Å². The van der Waals surface area contributed by atoms with Crippen molar-refractivity contribution in [1.29, 1.82) is 0 Å². The molecule has 6 nitrogen and oxygen atoms in total. The maximum Gasteiger partial charge on any atom is 0.229 e. The molecule has 0 aliphatic carbocycles. The molecule has 1 atom stereocenters. The van der Waals surface area contributed by atoms with Crippen molar-refractivity contribution >= 4 is 27.8 Å². The highest BCUT2D eigenvalue weighted by molar-refractivity contribution is 9.10. The lowest BCUT2D eigenvalue weighted by Crippen LogP contribution is -2.29. The summed E-state index contributed by atoms with van der Waals surface area (Å²) in [6.45, 7) is 0.218. The van der Waals surface area contributed by atoms with Crippen LogP contribution < -0.4 is 10.1 Å². The van der Waals surface area contributed by atoms with E-state index in [1.54, 1.807) is 16.8 Å². The molecule has 1 aliphatic heterocycles. The summed E-state index contributed by atoms with van der Waals surface area (Å²) in [7, 11) is 0. The molecule has 26 heavy (non-hydrogen) atoms. The van der Waals surface area contributed by atoms with Gasteiger partial charge in [-0.15, -0.1) is 0 Å². The second kappa shape index (κ2) is 6.87. The second-order valence-electron chi connectivity index (χ2n) is 5.90. The van der Waals surface area contributed by atoms with Crippen LogP contribution >= 0.6 is 15.9 Å². The fraction of sp³-hybridized carbons (Fsp3) is 0.167. The number of nitrogens with zero attached hydrogens (tertiary/aromatic N) is 3. The van der Waals surface area contributed by atoms with Crippen LogP contribution in [-0.2, 0) is 11.4 Å². The van der Waals surface area contributed by atoms with E-state index in [0.717, 1.165) is 15.6 Å². The van der Waals surface area contributed by atoms with Gasteiger partial charge in [0.2, 0.25) is 11.9 Å².